The van der Waals surface area contributed by atoms with Gasteiger partial charge in [-0.3, -0.25) is 9.59 Å². The molecule has 0 atom stereocenters. The second-order valence-electron chi connectivity index (χ2n) is 5.18. The summed E-state index contributed by atoms with van der Waals surface area (Å²) in [5, 5.41) is 3.37. The zero-order valence-electron chi connectivity index (χ0n) is 13.1. The quantitative estimate of drug-likeness (QED) is 0.480. The summed E-state index contributed by atoms with van der Waals surface area (Å²) < 4.78 is 5.06. The SMILES string of the molecule is O=C(CSc1cccc(NC(=O)c2ccco2)c1)c1ccc(Cl)cc1. The summed E-state index contributed by atoms with van der Waals surface area (Å²) in [6.45, 7) is 0. The summed E-state index contributed by atoms with van der Waals surface area (Å²) in [5.74, 6) is 0.254. The van der Waals surface area contributed by atoms with Crippen molar-refractivity contribution in [2.24, 2.45) is 0 Å². The molecule has 0 spiro atoms. The Morgan fingerprint density at radius 1 is 1.04 bits per heavy atom. The maximum atomic E-state index is 12.2. The second kappa shape index (κ2) is 8.05. The van der Waals surface area contributed by atoms with Gasteiger partial charge in [0, 0.05) is 21.2 Å². The number of anilines is 1. The molecule has 0 saturated carbocycles. The largest absolute Gasteiger partial charge is 0.459 e. The van der Waals surface area contributed by atoms with E-state index in [0.717, 1.165) is 4.90 Å². The number of amides is 1. The highest BCUT2D eigenvalue weighted by Crippen LogP contribution is 2.23. The van der Waals surface area contributed by atoms with Crippen LogP contribution in [-0.4, -0.2) is 17.4 Å². The van der Waals surface area contributed by atoms with E-state index in [2.05, 4.69) is 5.32 Å². The van der Waals surface area contributed by atoms with Gasteiger partial charge in [-0.2, -0.15) is 0 Å². The Hall–Kier alpha value is -2.50. The minimum absolute atomic E-state index is 0.0201. The van der Waals surface area contributed by atoms with Gasteiger partial charge < -0.3 is 9.73 Å². The molecule has 0 aliphatic rings. The van der Waals surface area contributed by atoms with Crippen molar-refractivity contribution in [2.45, 2.75) is 4.90 Å². The van der Waals surface area contributed by atoms with Crippen molar-refractivity contribution in [1.82, 2.24) is 0 Å². The van der Waals surface area contributed by atoms with Gasteiger partial charge in [-0.15, -0.1) is 11.8 Å². The average Bonchev–Trinajstić information content (AvgIpc) is 3.15. The zero-order valence-corrected chi connectivity index (χ0v) is 14.6. The molecule has 4 nitrogen and oxygen atoms in total. The van der Waals surface area contributed by atoms with Crippen molar-refractivity contribution >= 4 is 40.7 Å². The first-order chi connectivity index (χ1) is 12.1. The molecule has 3 aromatic rings. The highest BCUT2D eigenvalue weighted by Gasteiger charge is 2.10. The molecule has 0 radical (unpaired) electrons. The van der Waals surface area contributed by atoms with Gasteiger partial charge in [-0.25, -0.2) is 0 Å². The van der Waals surface area contributed by atoms with E-state index in [9.17, 15) is 9.59 Å². The molecule has 1 N–H and O–H groups in total. The lowest BCUT2D eigenvalue weighted by molar-refractivity contribution is 0.0994. The van der Waals surface area contributed by atoms with Crippen LogP contribution in [0.3, 0.4) is 0 Å². The van der Waals surface area contributed by atoms with Crippen LogP contribution in [-0.2, 0) is 0 Å². The average molecular weight is 372 g/mol. The van der Waals surface area contributed by atoms with Gasteiger partial charge in [0.25, 0.3) is 5.91 Å². The number of Topliss-reactive ketones (excluding diaryl/α,β-unsaturated/α-hetero) is 1. The normalized spacial score (nSPS) is 10.4. The molecular weight excluding hydrogens is 358 g/mol. The van der Waals surface area contributed by atoms with Crippen LogP contribution in [0.25, 0.3) is 0 Å². The van der Waals surface area contributed by atoms with Crippen molar-refractivity contribution in [1.29, 1.82) is 0 Å². The molecular formula is C19H14ClNO3S. The molecule has 1 heterocycles. The third-order valence-corrected chi connectivity index (χ3v) is 4.62. The lowest BCUT2D eigenvalue weighted by Gasteiger charge is -2.06. The van der Waals surface area contributed by atoms with Gasteiger partial charge in [0.2, 0.25) is 0 Å². The predicted molar refractivity (Wildman–Crippen MR) is 99.6 cm³/mol. The molecule has 0 bridgehead atoms. The van der Waals surface area contributed by atoms with Crippen LogP contribution >= 0.6 is 23.4 Å². The van der Waals surface area contributed by atoms with Gasteiger partial charge in [0.15, 0.2) is 11.5 Å². The summed E-state index contributed by atoms with van der Waals surface area (Å²) in [5.41, 5.74) is 1.27. The van der Waals surface area contributed by atoms with Crippen molar-refractivity contribution in [3.8, 4) is 0 Å². The number of hydrogen-bond donors (Lipinski definition) is 1. The van der Waals surface area contributed by atoms with Crippen molar-refractivity contribution in [2.75, 3.05) is 11.1 Å². The highest BCUT2D eigenvalue weighted by atomic mass is 35.5. The van der Waals surface area contributed by atoms with Crippen LogP contribution in [0.4, 0.5) is 5.69 Å². The number of ketones is 1. The van der Waals surface area contributed by atoms with E-state index in [1.54, 1.807) is 42.5 Å². The number of hydrogen-bond acceptors (Lipinski definition) is 4. The molecule has 126 valence electrons. The first-order valence-corrected chi connectivity index (χ1v) is 8.85. The third-order valence-electron chi connectivity index (χ3n) is 3.37. The Balaban J connectivity index is 1.60. The van der Waals surface area contributed by atoms with Gasteiger partial charge >= 0.3 is 0 Å². The van der Waals surface area contributed by atoms with Gasteiger partial charge in [-0.1, -0.05) is 17.7 Å². The Kier molecular flexibility index (Phi) is 5.58. The van der Waals surface area contributed by atoms with E-state index < -0.39 is 0 Å². The molecule has 0 aliphatic carbocycles. The van der Waals surface area contributed by atoms with Crippen LogP contribution < -0.4 is 5.32 Å². The van der Waals surface area contributed by atoms with Gasteiger partial charge in [0.05, 0.1) is 12.0 Å². The molecule has 0 aliphatic heterocycles. The number of nitrogens with one attached hydrogen (secondary N) is 1. The highest BCUT2D eigenvalue weighted by molar-refractivity contribution is 8.00. The predicted octanol–water partition coefficient (Wildman–Crippen LogP) is 5.16. The fraction of sp³-hybridized carbons (Fsp3) is 0.0526. The number of rotatable bonds is 6. The summed E-state index contributed by atoms with van der Waals surface area (Å²) >= 11 is 7.24. The summed E-state index contributed by atoms with van der Waals surface area (Å²) in [6.07, 6.45) is 1.45. The summed E-state index contributed by atoms with van der Waals surface area (Å²) in [7, 11) is 0. The molecule has 6 heteroatoms. The first-order valence-electron chi connectivity index (χ1n) is 7.48. The van der Waals surface area contributed by atoms with Gasteiger partial charge in [-0.05, 0) is 54.6 Å². The first kappa shape index (κ1) is 17.3. The summed E-state index contributed by atoms with van der Waals surface area (Å²) in [6, 6.07) is 17.4. The third kappa shape index (κ3) is 4.75. The topological polar surface area (TPSA) is 59.3 Å². The van der Waals surface area contributed by atoms with E-state index in [4.69, 9.17) is 16.0 Å². The molecule has 2 aromatic carbocycles. The minimum Gasteiger partial charge on any atom is -0.459 e. The number of carbonyl (C=O) groups is 2. The number of furan rings is 1. The second-order valence-corrected chi connectivity index (χ2v) is 6.66. The fourth-order valence-corrected chi connectivity index (χ4v) is 3.11. The summed E-state index contributed by atoms with van der Waals surface area (Å²) in [4.78, 5) is 25.1. The number of benzene rings is 2. The smallest absolute Gasteiger partial charge is 0.291 e. The molecule has 0 saturated heterocycles. The van der Waals surface area contributed by atoms with E-state index in [0.29, 0.717) is 22.0 Å². The molecule has 1 amide bonds. The fourth-order valence-electron chi connectivity index (χ4n) is 2.13. The number of carbonyl (C=O) groups excluding carboxylic acids is 2. The number of thioether (sulfide) groups is 1. The van der Waals surface area contributed by atoms with Crippen LogP contribution in [0.1, 0.15) is 20.9 Å². The Bertz CT molecular complexity index is 876. The maximum absolute atomic E-state index is 12.2. The molecule has 0 unspecified atom stereocenters. The lowest BCUT2D eigenvalue weighted by Crippen LogP contribution is -2.10. The van der Waals surface area contributed by atoms with E-state index in [1.165, 1.54) is 18.0 Å². The van der Waals surface area contributed by atoms with Gasteiger partial charge in [0.1, 0.15) is 0 Å². The monoisotopic (exact) mass is 371 g/mol. The van der Waals surface area contributed by atoms with Crippen molar-refractivity contribution in [3.05, 3.63) is 83.3 Å². The van der Waals surface area contributed by atoms with Crippen molar-refractivity contribution < 1.29 is 14.0 Å². The van der Waals surface area contributed by atoms with Crippen molar-refractivity contribution in [3.63, 3.8) is 0 Å². The molecule has 25 heavy (non-hydrogen) atoms. The Morgan fingerprint density at radius 2 is 1.84 bits per heavy atom. The van der Waals surface area contributed by atoms with E-state index in [1.807, 2.05) is 18.2 Å². The van der Waals surface area contributed by atoms with Crippen LogP contribution in [0, 0.1) is 0 Å². The zero-order chi connectivity index (χ0) is 17.6. The Morgan fingerprint density at radius 3 is 2.56 bits per heavy atom. The van der Waals surface area contributed by atoms with Crippen LogP contribution in [0.15, 0.2) is 76.2 Å². The van der Waals surface area contributed by atoms with Crippen LogP contribution in [0.2, 0.25) is 5.02 Å². The molecule has 0 fully saturated rings. The van der Waals surface area contributed by atoms with E-state index in [-0.39, 0.29) is 17.5 Å². The van der Waals surface area contributed by atoms with E-state index >= 15 is 0 Å². The lowest BCUT2D eigenvalue weighted by atomic mass is 10.1. The molecule has 3 rings (SSSR count). The maximum Gasteiger partial charge on any atom is 0.291 e. The minimum atomic E-state index is -0.315. The standard InChI is InChI=1S/C19H14ClNO3S/c20-14-8-6-13(7-9-14)17(22)12-25-16-4-1-3-15(11-16)21-19(23)18-5-2-10-24-18/h1-11H,12H2,(H,21,23). The number of halogens is 1. The Labute approximate surface area is 154 Å². The molecule has 1 aromatic heterocycles. The van der Waals surface area contributed by atoms with Crippen LogP contribution in [0.5, 0.6) is 0 Å².